The molecule has 41 heavy (non-hydrogen) atoms. The van der Waals surface area contributed by atoms with Crippen LogP contribution in [0.1, 0.15) is 27.0 Å². The molecule has 0 saturated carbocycles. The van der Waals surface area contributed by atoms with Gasteiger partial charge in [-0.2, -0.15) is 0 Å². The SMILES string of the molecule is COc1ccc(CCNC(=O)c2ccc(C=C3Sc4ccccc4N(Cc4ccccc4F)C3=O)cc2)cc1OC. The fraction of sp³-hybridized carbons (Fsp3) is 0.152. The van der Waals surface area contributed by atoms with Crippen LogP contribution in [0.3, 0.4) is 0 Å². The van der Waals surface area contributed by atoms with Crippen LogP contribution in [-0.2, 0) is 17.8 Å². The second-order valence-electron chi connectivity index (χ2n) is 9.38. The molecule has 0 radical (unpaired) electrons. The van der Waals surface area contributed by atoms with Gasteiger partial charge in [-0.3, -0.25) is 9.59 Å². The number of halogens is 1. The maximum Gasteiger partial charge on any atom is 0.265 e. The van der Waals surface area contributed by atoms with Crippen molar-refractivity contribution in [2.45, 2.75) is 17.9 Å². The minimum Gasteiger partial charge on any atom is -0.493 e. The van der Waals surface area contributed by atoms with Crippen LogP contribution in [0.5, 0.6) is 11.5 Å². The highest BCUT2D eigenvalue weighted by Crippen LogP contribution is 2.42. The lowest BCUT2D eigenvalue weighted by atomic mass is 10.1. The third-order valence-electron chi connectivity index (χ3n) is 6.74. The van der Waals surface area contributed by atoms with E-state index in [4.69, 9.17) is 9.47 Å². The van der Waals surface area contributed by atoms with Gasteiger partial charge in [0, 0.05) is 22.6 Å². The van der Waals surface area contributed by atoms with Crippen molar-refractivity contribution in [3.63, 3.8) is 0 Å². The summed E-state index contributed by atoms with van der Waals surface area (Å²) in [5.41, 5.74) is 3.53. The van der Waals surface area contributed by atoms with Crippen molar-refractivity contribution in [2.75, 3.05) is 25.7 Å². The normalized spacial score (nSPS) is 13.6. The maximum atomic E-state index is 14.4. The first-order valence-electron chi connectivity index (χ1n) is 13.1. The number of methoxy groups -OCH3 is 2. The van der Waals surface area contributed by atoms with Crippen molar-refractivity contribution in [3.05, 3.63) is 124 Å². The van der Waals surface area contributed by atoms with Crippen molar-refractivity contribution in [3.8, 4) is 11.5 Å². The molecule has 1 aliphatic rings. The lowest BCUT2D eigenvalue weighted by molar-refractivity contribution is -0.114. The van der Waals surface area contributed by atoms with Crippen molar-refractivity contribution < 1.29 is 23.5 Å². The van der Waals surface area contributed by atoms with Gasteiger partial charge in [0.25, 0.3) is 11.8 Å². The topological polar surface area (TPSA) is 67.9 Å². The summed E-state index contributed by atoms with van der Waals surface area (Å²) in [6.07, 6.45) is 2.44. The van der Waals surface area contributed by atoms with E-state index in [-0.39, 0.29) is 24.2 Å². The largest absolute Gasteiger partial charge is 0.493 e. The Kier molecular flexibility index (Phi) is 8.70. The number of carbonyl (C=O) groups is 2. The molecule has 4 aromatic carbocycles. The molecule has 4 aromatic rings. The van der Waals surface area contributed by atoms with E-state index in [2.05, 4.69) is 5.32 Å². The zero-order valence-corrected chi connectivity index (χ0v) is 23.5. The van der Waals surface area contributed by atoms with Crippen LogP contribution in [0.2, 0.25) is 0 Å². The first-order chi connectivity index (χ1) is 20.0. The van der Waals surface area contributed by atoms with Crippen molar-refractivity contribution in [1.29, 1.82) is 0 Å². The Morgan fingerprint density at radius 2 is 1.66 bits per heavy atom. The predicted molar refractivity (Wildman–Crippen MR) is 160 cm³/mol. The van der Waals surface area contributed by atoms with Gasteiger partial charge in [0.05, 0.1) is 31.4 Å². The van der Waals surface area contributed by atoms with E-state index in [0.29, 0.717) is 40.5 Å². The Bertz CT molecular complexity index is 1600. The van der Waals surface area contributed by atoms with Gasteiger partial charge >= 0.3 is 0 Å². The van der Waals surface area contributed by atoms with Gasteiger partial charge in [-0.15, -0.1) is 0 Å². The number of anilines is 1. The number of rotatable bonds is 9. The molecule has 208 valence electrons. The average molecular weight is 569 g/mol. The van der Waals surface area contributed by atoms with Crippen LogP contribution in [0, 0.1) is 5.82 Å². The van der Waals surface area contributed by atoms with E-state index < -0.39 is 0 Å². The second kappa shape index (κ2) is 12.7. The monoisotopic (exact) mass is 568 g/mol. The molecule has 1 aliphatic heterocycles. The lowest BCUT2D eigenvalue weighted by Crippen LogP contribution is -2.34. The Hall–Kier alpha value is -4.56. The fourth-order valence-corrected chi connectivity index (χ4v) is 5.62. The highest BCUT2D eigenvalue weighted by Gasteiger charge is 2.29. The van der Waals surface area contributed by atoms with Crippen molar-refractivity contribution in [1.82, 2.24) is 5.32 Å². The summed E-state index contributed by atoms with van der Waals surface area (Å²) in [6.45, 7) is 0.589. The van der Waals surface area contributed by atoms with Crippen LogP contribution in [0.15, 0.2) is 101 Å². The second-order valence-corrected chi connectivity index (χ2v) is 10.5. The molecule has 0 bridgehead atoms. The average Bonchev–Trinajstić information content (AvgIpc) is 3.00. The number of fused-ring (bicyclic) bond motifs is 1. The van der Waals surface area contributed by atoms with Gasteiger partial charge in [0.2, 0.25) is 0 Å². The van der Waals surface area contributed by atoms with E-state index in [0.717, 1.165) is 21.7 Å². The van der Waals surface area contributed by atoms with Gasteiger partial charge in [-0.05, 0) is 66.1 Å². The van der Waals surface area contributed by atoms with Gasteiger partial charge in [0.1, 0.15) is 5.82 Å². The molecule has 0 spiro atoms. The summed E-state index contributed by atoms with van der Waals surface area (Å²) in [5, 5.41) is 2.94. The van der Waals surface area contributed by atoms with Gasteiger partial charge in [-0.25, -0.2) is 4.39 Å². The first kappa shape index (κ1) is 28.0. The number of hydrogen-bond donors (Lipinski definition) is 1. The number of ether oxygens (including phenoxy) is 2. The summed E-state index contributed by atoms with van der Waals surface area (Å²) in [6, 6.07) is 26.9. The smallest absolute Gasteiger partial charge is 0.265 e. The van der Waals surface area contributed by atoms with Crippen LogP contribution in [0.25, 0.3) is 6.08 Å². The number of hydrogen-bond acceptors (Lipinski definition) is 5. The van der Waals surface area contributed by atoms with E-state index >= 15 is 0 Å². The number of nitrogens with zero attached hydrogens (tertiary/aromatic N) is 1. The van der Waals surface area contributed by atoms with Crippen molar-refractivity contribution in [2.24, 2.45) is 0 Å². The van der Waals surface area contributed by atoms with E-state index in [9.17, 15) is 14.0 Å². The minimum atomic E-state index is -0.348. The maximum absolute atomic E-state index is 14.4. The van der Waals surface area contributed by atoms with Crippen LogP contribution in [0.4, 0.5) is 10.1 Å². The zero-order valence-electron chi connectivity index (χ0n) is 22.7. The molecule has 2 amide bonds. The number of carbonyl (C=O) groups excluding carboxylic acids is 2. The number of thioether (sulfide) groups is 1. The van der Waals surface area contributed by atoms with Crippen LogP contribution in [-0.4, -0.2) is 32.6 Å². The Morgan fingerprint density at radius 3 is 2.41 bits per heavy atom. The fourth-order valence-electron chi connectivity index (χ4n) is 4.56. The molecule has 0 saturated heterocycles. The summed E-state index contributed by atoms with van der Waals surface area (Å²) >= 11 is 1.38. The number of para-hydroxylation sites is 1. The highest BCUT2D eigenvalue weighted by atomic mass is 32.2. The predicted octanol–water partition coefficient (Wildman–Crippen LogP) is 6.50. The molecule has 5 rings (SSSR count). The molecule has 0 atom stereocenters. The number of benzene rings is 4. The lowest BCUT2D eigenvalue weighted by Gasteiger charge is -2.30. The summed E-state index contributed by atoms with van der Waals surface area (Å²) in [5.74, 6) is 0.575. The third kappa shape index (κ3) is 6.44. The molecule has 0 aromatic heterocycles. The van der Waals surface area contributed by atoms with Gasteiger partial charge in [0.15, 0.2) is 11.5 Å². The third-order valence-corrected chi connectivity index (χ3v) is 7.81. The molecule has 0 fully saturated rings. The molecule has 6 nitrogen and oxygen atoms in total. The zero-order chi connectivity index (χ0) is 28.8. The standard InChI is InChI=1S/C33H29FN2O4S/c1-39-28-16-13-23(19-29(28)40-2)17-18-35-32(37)24-14-11-22(12-15-24)20-31-33(38)36(21-25-7-3-4-8-26(25)34)27-9-5-6-10-30(27)41-31/h3-16,19-20H,17-18,21H2,1-2H3,(H,35,37). The highest BCUT2D eigenvalue weighted by molar-refractivity contribution is 8.04. The Labute approximate surface area is 242 Å². The van der Waals surface area contributed by atoms with Gasteiger partial charge < -0.3 is 19.7 Å². The summed E-state index contributed by atoms with van der Waals surface area (Å²) < 4.78 is 25.0. The summed E-state index contributed by atoms with van der Waals surface area (Å²) in [7, 11) is 3.18. The summed E-state index contributed by atoms with van der Waals surface area (Å²) in [4.78, 5) is 29.3. The van der Waals surface area contributed by atoms with Gasteiger partial charge in [-0.1, -0.05) is 60.3 Å². The quantitative estimate of drug-likeness (QED) is 0.234. The van der Waals surface area contributed by atoms with Crippen LogP contribution < -0.4 is 19.7 Å². The molecular weight excluding hydrogens is 539 g/mol. The van der Waals surface area contributed by atoms with E-state index in [1.807, 2.05) is 54.6 Å². The Balaban J connectivity index is 1.26. The minimum absolute atomic E-state index is 0.128. The van der Waals surface area contributed by atoms with Crippen molar-refractivity contribution >= 4 is 35.3 Å². The number of amides is 2. The molecule has 8 heteroatoms. The molecule has 1 heterocycles. The van der Waals surface area contributed by atoms with E-state index in [1.54, 1.807) is 55.5 Å². The molecule has 0 aliphatic carbocycles. The van der Waals surface area contributed by atoms with Crippen LogP contribution >= 0.6 is 11.8 Å². The first-order valence-corrected chi connectivity index (χ1v) is 13.9. The molecular formula is C33H29FN2O4S. The van der Waals surface area contributed by atoms with E-state index in [1.165, 1.54) is 17.8 Å². The number of nitrogens with one attached hydrogen (secondary N) is 1. The molecule has 1 N–H and O–H groups in total. The molecule has 0 unspecified atom stereocenters. The Morgan fingerprint density at radius 1 is 0.927 bits per heavy atom.